The highest BCUT2D eigenvalue weighted by molar-refractivity contribution is 5.99. The molecule has 1 saturated heterocycles. The third-order valence-electron chi connectivity index (χ3n) is 4.80. The summed E-state index contributed by atoms with van der Waals surface area (Å²) in [5.41, 5.74) is 0.393. The highest BCUT2D eigenvalue weighted by atomic mass is 16.5. The summed E-state index contributed by atoms with van der Waals surface area (Å²) in [7, 11) is 1.51. The van der Waals surface area contributed by atoms with Gasteiger partial charge in [-0.05, 0) is 30.9 Å². The molecular weight excluding hydrogens is 318 g/mol. The number of carbonyl (C=O) groups is 2. The molecule has 0 unspecified atom stereocenters. The van der Waals surface area contributed by atoms with Gasteiger partial charge in [0.25, 0.3) is 5.91 Å². The maximum absolute atomic E-state index is 13.0. The van der Waals surface area contributed by atoms with E-state index in [1.165, 1.54) is 7.11 Å². The normalized spacial score (nSPS) is 19.0. The molecule has 1 heterocycles. The van der Waals surface area contributed by atoms with E-state index in [2.05, 4.69) is 11.4 Å². The van der Waals surface area contributed by atoms with Gasteiger partial charge in [-0.3, -0.25) is 9.59 Å². The zero-order valence-electron chi connectivity index (χ0n) is 15.0. The van der Waals surface area contributed by atoms with Crippen LogP contribution in [-0.4, -0.2) is 42.5 Å². The maximum atomic E-state index is 13.0. The first-order valence-electron chi connectivity index (χ1n) is 8.67. The van der Waals surface area contributed by atoms with E-state index in [1.54, 1.807) is 29.2 Å². The molecule has 3 atom stereocenters. The van der Waals surface area contributed by atoms with E-state index in [-0.39, 0.29) is 17.7 Å². The number of nitrogens with zero attached hydrogens (tertiary/aromatic N) is 2. The van der Waals surface area contributed by atoms with E-state index in [9.17, 15) is 14.9 Å². The Kier molecular flexibility index (Phi) is 6.40. The minimum atomic E-state index is -0.656. The summed E-state index contributed by atoms with van der Waals surface area (Å²) in [5.74, 6) is -0.0945. The summed E-state index contributed by atoms with van der Waals surface area (Å²) >= 11 is 0. The fourth-order valence-electron chi connectivity index (χ4n) is 3.08. The number of carbonyl (C=O) groups excluding carboxylic acids is 2. The Morgan fingerprint density at radius 2 is 2.16 bits per heavy atom. The van der Waals surface area contributed by atoms with E-state index in [1.807, 2.05) is 13.8 Å². The number of para-hydroxylation sites is 1. The number of hydrogen-bond acceptors (Lipinski definition) is 4. The number of nitrogens with one attached hydrogen (secondary N) is 1. The van der Waals surface area contributed by atoms with E-state index >= 15 is 0 Å². The second-order valence-corrected chi connectivity index (χ2v) is 6.36. The van der Waals surface area contributed by atoms with Crippen molar-refractivity contribution in [2.75, 3.05) is 13.7 Å². The molecule has 1 fully saturated rings. The number of hydrogen-bond donors (Lipinski definition) is 1. The zero-order chi connectivity index (χ0) is 18.4. The Morgan fingerprint density at radius 1 is 1.44 bits per heavy atom. The number of rotatable bonds is 6. The number of ether oxygens (including phenoxy) is 1. The lowest BCUT2D eigenvalue weighted by atomic mass is 9.97. The van der Waals surface area contributed by atoms with Crippen molar-refractivity contribution in [3.05, 3.63) is 29.8 Å². The van der Waals surface area contributed by atoms with Crippen LogP contribution in [0.5, 0.6) is 5.75 Å². The summed E-state index contributed by atoms with van der Waals surface area (Å²) in [6.07, 6.45) is 2.25. The van der Waals surface area contributed by atoms with Crippen LogP contribution in [0, 0.1) is 17.2 Å². The Morgan fingerprint density at radius 3 is 2.80 bits per heavy atom. The Bertz CT molecular complexity index is 668. The van der Waals surface area contributed by atoms with Crippen LogP contribution in [0.15, 0.2) is 24.3 Å². The van der Waals surface area contributed by atoms with Crippen LogP contribution in [0.4, 0.5) is 0 Å². The van der Waals surface area contributed by atoms with Crippen molar-refractivity contribution in [3.63, 3.8) is 0 Å². The van der Waals surface area contributed by atoms with Gasteiger partial charge in [0.05, 0.1) is 18.7 Å². The van der Waals surface area contributed by atoms with Crippen LogP contribution in [0.3, 0.4) is 0 Å². The molecule has 1 N–H and O–H groups in total. The van der Waals surface area contributed by atoms with Crippen molar-refractivity contribution < 1.29 is 14.3 Å². The molecule has 2 rings (SSSR count). The Balaban J connectivity index is 2.22. The average Bonchev–Trinajstić information content (AvgIpc) is 3.13. The smallest absolute Gasteiger partial charge is 0.255 e. The maximum Gasteiger partial charge on any atom is 0.255 e. The standard InChI is InChI=1S/C19H25N3O3/c1-4-13(2)17(19(24)22-11-7-8-14(22)12-20)21-18(23)15-9-5-6-10-16(15)25-3/h5-6,9-10,13-14,17H,4,7-8,11H2,1-3H3,(H,21,23)/t13-,14-,17-/m0/s1. The molecule has 0 saturated carbocycles. The summed E-state index contributed by atoms with van der Waals surface area (Å²) in [6, 6.07) is 8.04. The van der Waals surface area contributed by atoms with Gasteiger partial charge < -0.3 is 15.0 Å². The first kappa shape index (κ1) is 18.8. The topological polar surface area (TPSA) is 82.4 Å². The monoisotopic (exact) mass is 343 g/mol. The van der Waals surface area contributed by atoms with Crippen LogP contribution in [0.1, 0.15) is 43.5 Å². The second kappa shape index (κ2) is 8.52. The summed E-state index contributed by atoms with van der Waals surface area (Å²) < 4.78 is 5.23. The molecule has 1 aliphatic heterocycles. The lowest BCUT2D eigenvalue weighted by molar-refractivity contribution is -0.134. The van der Waals surface area contributed by atoms with Crippen molar-refractivity contribution in [2.24, 2.45) is 5.92 Å². The SMILES string of the molecule is CC[C@H](C)[C@H](NC(=O)c1ccccc1OC)C(=O)N1CCC[C@H]1C#N. The lowest BCUT2D eigenvalue weighted by Gasteiger charge is -2.29. The van der Waals surface area contributed by atoms with Crippen LogP contribution in [-0.2, 0) is 4.79 Å². The van der Waals surface area contributed by atoms with Gasteiger partial charge in [0.2, 0.25) is 5.91 Å². The minimum absolute atomic E-state index is 0.0360. The lowest BCUT2D eigenvalue weighted by Crippen LogP contribution is -2.52. The molecule has 1 aromatic carbocycles. The van der Waals surface area contributed by atoms with Crippen LogP contribution >= 0.6 is 0 Å². The molecule has 1 aliphatic rings. The quantitative estimate of drug-likeness (QED) is 0.859. The van der Waals surface area contributed by atoms with Crippen molar-refractivity contribution in [1.29, 1.82) is 5.26 Å². The second-order valence-electron chi connectivity index (χ2n) is 6.36. The average molecular weight is 343 g/mol. The van der Waals surface area contributed by atoms with Gasteiger partial charge in [-0.2, -0.15) is 5.26 Å². The molecule has 6 heteroatoms. The molecule has 6 nitrogen and oxygen atoms in total. The summed E-state index contributed by atoms with van der Waals surface area (Å²) in [4.78, 5) is 27.3. The number of likely N-dealkylation sites (tertiary alicyclic amines) is 1. The fraction of sp³-hybridized carbons (Fsp3) is 0.526. The number of methoxy groups -OCH3 is 1. The van der Waals surface area contributed by atoms with Crippen LogP contribution in [0.25, 0.3) is 0 Å². The molecule has 0 aliphatic carbocycles. The molecule has 0 spiro atoms. The molecule has 0 radical (unpaired) electrons. The van der Waals surface area contributed by atoms with E-state index < -0.39 is 12.1 Å². The first-order chi connectivity index (χ1) is 12.0. The predicted molar refractivity (Wildman–Crippen MR) is 94.1 cm³/mol. The van der Waals surface area contributed by atoms with Gasteiger partial charge in [-0.15, -0.1) is 0 Å². The molecule has 134 valence electrons. The molecule has 0 bridgehead atoms. The third-order valence-corrected chi connectivity index (χ3v) is 4.80. The van der Waals surface area contributed by atoms with Crippen molar-refractivity contribution in [3.8, 4) is 11.8 Å². The van der Waals surface area contributed by atoms with Crippen molar-refractivity contribution in [1.82, 2.24) is 10.2 Å². The van der Waals surface area contributed by atoms with Crippen molar-refractivity contribution in [2.45, 2.75) is 45.2 Å². The molecule has 25 heavy (non-hydrogen) atoms. The third kappa shape index (κ3) is 4.11. The van der Waals surface area contributed by atoms with Crippen LogP contribution in [0.2, 0.25) is 0 Å². The largest absolute Gasteiger partial charge is 0.496 e. The van der Waals surface area contributed by atoms with Gasteiger partial charge >= 0.3 is 0 Å². The van der Waals surface area contributed by atoms with E-state index in [4.69, 9.17) is 4.74 Å². The fourth-order valence-corrected chi connectivity index (χ4v) is 3.08. The molecule has 0 aromatic heterocycles. The van der Waals surface area contributed by atoms with E-state index in [0.29, 0.717) is 24.3 Å². The van der Waals surface area contributed by atoms with Gasteiger partial charge in [0, 0.05) is 6.54 Å². The highest BCUT2D eigenvalue weighted by Crippen LogP contribution is 2.22. The van der Waals surface area contributed by atoms with Gasteiger partial charge in [0.1, 0.15) is 17.8 Å². The molecule has 2 amide bonds. The Labute approximate surface area is 148 Å². The summed E-state index contributed by atoms with van der Waals surface area (Å²) in [5, 5.41) is 12.1. The number of benzene rings is 1. The minimum Gasteiger partial charge on any atom is -0.496 e. The molecular formula is C19H25N3O3. The van der Waals surface area contributed by atoms with Gasteiger partial charge in [0.15, 0.2) is 0 Å². The Hall–Kier alpha value is -2.55. The predicted octanol–water partition coefficient (Wildman–Crippen LogP) is 2.35. The van der Waals surface area contributed by atoms with E-state index in [0.717, 1.165) is 12.8 Å². The number of amides is 2. The molecule has 1 aromatic rings. The van der Waals surface area contributed by atoms with Gasteiger partial charge in [-0.25, -0.2) is 0 Å². The highest BCUT2D eigenvalue weighted by Gasteiger charge is 2.36. The first-order valence-corrected chi connectivity index (χ1v) is 8.67. The van der Waals surface area contributed by atoms with Gasteiger partial charge in [-0.1, -0.05) is 32.4 Å². The van der Waals surface area contributed by atoms with Crippen LogP contribution < -0.4 is 10.1 Å². The summed E-state index contributed by atoms with van der Waals surface area (Å²) in [6.45, 7) is 4.48. The zero-order valence-corrected chi connectivity index (χ0v) is 15.0. The number of nitriles is 1. The van der Waals surface area contributed by atoms with Crippen molar-refractivity contribution >= 4 is 11.8 Å².